The summed E-state index contributed by atoms with van der Waals surface area (Å²) in [4.78, 5) is 76.0. The first kappa shape index (κ1) is 24.3. The van der Waals surface area contributed by atoms with Crippen molar-refractivity contribution >= 4 is 35.6 Å². The average Bonchev–Trinajstić information content (AvgIpc) is 3.39. The van der Waals surface area contributed by atoms with Crippen molar-refractivity contribution in [1.82, 2.24) is 9.80 Å². The first-order chi connectivity index (χ1) is 17.7. The second-order valence-electron chi connectivity index (χ2n) is 8.76. The SMILES string of the molecule is O=C(CN1C(=O)c2ccccc2C1=O)OC1C[C@H](OC(=O)CN2C(=O)c3ccccc3C2=O)[C@@H](O)[C@H]1O. The molecule has 1 aliphatic carbocycles. The summed E-state index contributed by atoms with van der Waals surface area (Å²) in [6.45, 7) is -1.42. The van der Waals surface area contributed by atoms with E-state index in [1.807, 2.05) is 0 Å². The number of nitrogens with zero attached hydrogens (tertiary/aromatic N) is 2. The van der Waals surface area contributed by atoms with Gasteiger partial charge >= 0.3 is 11.9 Å². The summed E-state index contributed by atoms with van der Waals surface area (Å²) in [7, 11) is 0. The van der Waals surface area contributed by atoms with E-state index in [2.05, 4.69) is 0 Å². The van der Waals surface area contributed by atoms with E-state index >= 15 is 0 Å². The maximum atomic E-state index is 12.4. The van der Waals surface area contributed by atoms with Crippen LogP contribution < -0.4 is 0 Å². The van der Waals surface area contributed by atoms with Crippen LogP contribution in [-0.2, 0) is 19.1 Å². The van der Waals surface area contributed by atoms with Crippen LogP contribution in [0.2, 0.25) is 0 Å². The standard InChI is InChI=1S/C25H20N2O10/c28-18(10-26-22(32)12-5-1-2-6-13(12)23(26)33)36-16-9-17(21(31)20(16)30)37-19(29)11-27-24(34)14-7-3-4-8-15(14)25(27)35/h1-8,16-17,20-21,30-31H,9-11H2/t16-,17?,20+,21-/m0/s1. The molecule has 2 aliphatic heterocycles. The van der Waals surface area contributed by atoms with E-state index in [1.54, 1.807) is 24.3 Å². The third-order valence-corrected chi connectivity index (χ3v) is 6.47. The Labute approximate surface area is 209 Å². The summed E-state index contributed by atoms with van der Waals surface area (Å²) in [5.41, 5.74) is 0.617. The number of imide groups is 2. The van der Waals surface area contributed by atoms with Crippen molar-refractivity contribution < 1.29 is 48.5 Å². The molecule has 12 heteroatoms. The zero-order chi connectivity index (χ0) is 26.4. The second-order valence-corrected chi connectivity index (χ2v) is 8.76. The summed E-state index contributed by atoms with van der Waals surface area (Å²) in [6.07, 6.45) is -6.12. The molecular formula is C25H20N2O10. The van der Waals surface area contributed by atoms with Crippen molar-refractivity contribution in [1.29, 1.82) is 0 Å². The van der Waals surface area contributed by atoms with Crippen LogP contribution in [0.15, 0.2) is 48.5 Å². The number of hydrogen-bond donors (Lipinski definition) is 2. The molecule has 0 spiro atoms. The van der Waals surface area contributed by atoms with Crippen molar-refractivity contribution in [3.8, 4) is 0 Å². The van der Waals surface area contributed by atoms with Gasteiger partial charge in [0.2, 0.25) is 0 Å². The van der Waals surface area contributed by atoms with Crippen molar-refractivity contribution in [3.05, 3.63) is 70.8 Å². The largest absolute Gasteiger partial charge is 0.458 e. The van der Waals surface area contributed by atoms with Gasteiger partial charge in [-0.25, -0.2) is 0 Å². The molecule has 1 fully saturated rings. The summed E-state index contributed by atoms with van der Waals surface area (Å²) < 4.78 is 10.3. The molecule has 4 amide bonds. The average molecular weight is 508 g/mol. The van der Waals surface area contributed by atoms with Gasteiger partial charge in [-0.15, -0.1) is 0 Å². The molecule has 1 saturated carbocycles. The highest BCUT2D eigenvalue weighted by atomic mass is 16.6. The maximum Gasteiger partial charge on any atom is 0.326 e. The van der Waals surface area contributed by atoms with Gasteiger partial charge in [-0.1, -0.05) is 24.3 Å². The number of aliphatic hydroxyl groups excluding tert-OH is 2. The van der Waals surface area contributed by atoms with Crippen molar-refractivity contribution in [2.45, 2.75) is 30.8 Å². The number of esters is 2. The predicted molar refractivity (Wildman–Crippen MR) is 120 cm³/mol. The molecule has 2 heterocycles. The lowest BCUT2D eigenvalue weighted by atomic mass is 10.1. The molecule has 2 N–H and O–H groups in total. The van der Waals surface area contributed by atoms with Crippen molar-refractivity contribution in [3.63, 3.8) is 0 Å². The third kappa shape index (κ3) is 4.15. The highest BCUT2D eigenvalue weighted by molar-refractivity contribution is 6.23. The molecule has 1 unspecified atom stereocenters. The molecule has 5 rings (SSSR count). The van der Waals surface area contributed by atoms with Gasteiger partial charge in [0.25, 0.3) is 23.6 Å². The normalized spacial score (nSPS) is 24.4. The number of fused-ring (bicyclic) bond motifs is 2. The van der Waals surface area contributed by atoms with Crippen LogP contribution in [0, 0.1) is 0 Å². The quantitative estimate of drug-likeness (QED) is 0.384. The van der Waals surface area contributed by atoms with Crippen molar-refractivity contribution in [2.75, 3.05) is 13.1 Å². The molecule has 37 heavy (non-hydrogen) atoms. The van der Waals surface area contributed by atoms with Crippen LogP contribution in [0.4, 0.5) is 0 Å². The topological polar surface area (TPSA) is 168 Å². The predicted octanol–water partition coefficient (Wildman–Crippen LogP) is -0.472. The minimum Gasteiger partial charge on any atom is -0.458 e. The Hall–Kier alpha value is -4.42. The lowest BCUT2D eigenvalue weighted by molar-refractivity contribution is -0.156. The van der Waals surface area contributed by atoms with Crippen LogP contribution in [0.5, 0.6) is 0 Å². The van der Waals surface area contributed by atoms with Crippen LogP contribution in [0.3, 0.4) is 0 Å². The van der Waals surface area contributed by atoms with Crippen LogP contribution in [-0.4, -0.2) is 93.1 Å². The Kier molecular flexibility index (Phi) is 6.05. The number of carbonyl (C=O) groups is 6. The van der Waals surface area contributed by atoms with Gasteiger partial charge in [-0.3, -0.25) is 38.6 Å². The molecule has 2 aromatic rings. The number of benzene rings is 2. The first-order valence-corrected chi connectivity index (χ1v) is 11.3. The van der Waals surface area contributed by atoms with E-state index in [0.29, 0.717) is 9.80 Å². The Bertz CT molecular complexity index is 1180. The third-order valence-electron chi connectivity index (χ3n) is 6.47. The van der Waals surface area contributed by atoms with Gasteiger partial charge in [0, 0.05) is 6.42 Å². The maximum absolute atomic E-state index is 12.4. The Morgan fingerprint density at radius 2 is 0.946 bits per heavy atom. The molecule has 2 aromatic carbocycles. The fraction of sp³-hybridized carbons (Fsp3) is 0.280. The lowest BCUT2D eigenvalue weighted by Crippen LogP contribution is -2.40. The molecule has 0 radical (unpaired) electrons. The Balaban J connectivity index is 1.16. The van der Waals surface area contributed by atoms with Gasteiger partial charge in [0.15, 0.2) is 0 Å². The molecule has 0 bridgehead atoms. The van der Waals surface area contributed by atoms with E-state index in [1.165, 1.54) is 24.3 Å². The fourth-order valence-electron chi connectivity index (χ4n) is 4.62. The van der Waals surface area contributed by atoms with Crippen molar-refractivity contribution in [2.24, 2.45) is 0 Å². The number of rotatable bonds is 6. The number of ether oxygens (including phenoxy) is 2. The van der Waals surface area contributed by atoms with E-state index in [0.717, 1.165) is 0 Å². The zero-order valence-corrected chi connectivity index (χ0v) is 19.1. The van der Waals surface area contributed by atoms with Crippen LogP contribution in [0.1, 0.15) is 47.9 Å². The van der Waals surface area contributed by atoms with Gasteiger partial charge < -0.3 is 19.7 Å². The highest BCUT2D eigenvalue weighted by Crippen LogP contribution is 2.28. The van der Waals surface area contributed by atoms with Crippen LogP contribution in [0.25, 0.3) is 0 Å². The Morgan fingerprint density at radius 1 is 0.649 bits per heavy atom. The van der Waals surface area contributed by atoms with Gasteiger partial charge in [0.1, 0.15) is 37.5 Å². The number of carbonyl (C=O) groups excluding carboxylic acids is 6. The molecule has 12 nitrogen and oxygen atoms in total. The second kappa shape index (κ2) is 9.22. The number of amides is 4. The molecule has 190 valence electrons. The molecule has 3 aliphatic rings. The fourth-order valence-corrected chi connectivity index (χ4v) is 4.62. The minimum absolute atomic E-state index is 0.154. The molecular weight excluding hydrogens is 488 g/mol. The number of hydrogen-bond acceptors (Lipinski definition) is 10. The van der Waals surface area contributed by atoms with Gasteiger partial charge in [-0.2, -0.15) is 0 Å². The van der Waals surface area contributed by atoms with E-state index in [-0.39, 0.29) is 28.7 Å². The summed E-state index contributed by atoms with van der Waals surface area (Å²) in [5, 5.41) is 20.6. The van der Waals surface area contributed by atoms with Crippen LogP contribution >= 0.6 is 0 Å². The summed E-state index contributed by atoms with van der Waals surface area (Å²) in [5.74, 6) is -4.67. The lowest BCUT2D eigenvalue weighted by Gasteiger charge is -2.19. The number of aliphatic hydroxyl groups is 2. The molecule has 0 saturated heterocycles. The zero-order valence-electron chi connectivity index (χ0n) is 19.1. The minimum atomic E-state index is -1.62. The highest BCUT2D eigenvalue weighted by Gasteiger charge is 2.47. The van der Waals surface area contributed by atoms with E-state index in [4.69, 9.17) is 9.47 Å². The van der Waals surface area contributed by atoms with E-state index < -0.39 is 73.1 Å². The Morgan fingerprint density at radius 3 is 1.24 bits per heavy atom. The van der Waals surface area contributed by atoms with Gasteiger partial charge in [0.05, 0.1) is 22.3 Å². The first-order valence-electron chi connectivity index (χ1n) is 11.3. The van der Waals surface area contributed by atoms with E-state index in [9.17, 15) is 39.0 Å². The van der Waals surface area contributed by atoms with Gasteiger partial charge in [-0.05, 0) is 24.3 Å². The molecule has 4 atom stereocenters. The summed E-state index contributed by atoms with van der Waals surface area (Å²) in [6, 6.07) is 12.2. The smallest absolute Gasteiger partial charge is 0.326 e. The molecule has 0 aromatic heterocycles. The monoisotopic (exact) mass is 508 g/mol. The summed E-state index contributed by atoms with van der Waals surface area (Å²) >= 11 is 0.